The summed E-state index contributed by atoms with van der Waals surface area (Å²) in [6.45, 7) is 1.97. The van der Waals surface area contributed by atoms with E-state index in [0.717, 1.165) is 16.8 Å². The maximum absolute atomic E-state index is 12.2. The van der Waals surface area contributed by atoms with E-state index < -0.39 is 6.10 Å². The Morgan fingerprint density at radius 2 is 1.70 bits per heavy atom. The van der Waals surface area contributed by atoms with Crippen LogP contribution < -0.4 is 10.9 Å². The fraction of sp³-hybridized carbons (Fsp3) is 0.188. The van der Waals surface area contributed by atoms with E-state index in [1.807, 2.05) is 61.5 Å². The van der Waals surface area contributed by atoms with Gasteiger partial charge >= 0.3 is 0 Å². The van der Waals surface area contributed by atoms with Crippen LogP contribution in [0.2, 0.25) is 0 Å². The summed E-state index contributed by atoms with van der Waals surface area (Å²) in [4.78, 5) is 12.2. The molecular formula is C16H18N2O2. The van der Waals surface area contributed by atoms with Crippen LogP contribution in [0, 0.1) is 6.92 Å². The van der Waals surface area contributed by atoms with Gasteiger partial charge in [-0.05, 0) is 24.1 Å². The lowest BCUT2D eigenvalue weighted by molar-refractivity contribution is -0.130. The van der Waals surface area contributed by atoms with Crippen LogP contribution in [0.4, 0.5) is 5.69 Å². The minimum Gasteiger partial charge on any atom is -0.367 e. The summed E-state index contributed by atoms with van der Waals surface area (Å²) >= 11 is 0. The van der Waals surface area contributed by atoms with Crippen molar-refractivity contribution in [3.8, 4) is 0 Å². The Bertz CT molecular complexity index is 570. The largest absolute Gasteiger partial charge is 0.367 e. The third-order valence-corrected chi connectivity index (χ3v) is 3.04. The Morgan fingerprint density at radius 1 is 1.05 bits per heavy atom. The molecule has 0 saturated heterocycles. The third kappa shape index (κ3) is 3.36. The van der Waals surface area contributed by atoms with Gasteiger partial charge in [0.2, 0.25) is 0 Å². The van der Waals surface area contributed by atoms with E-state index in [0.29, 0.717) is 0 Å². The fourth-order valence-corrected chi connectivity index (χ4v) is 1.93. The van der Waals surface area contributed by atoms with Crippen LogP contribution in [0.15, 0.2) is 54.6 Å². The van der Waals surface area contributed by atoms with Crippen molar-refractivity contribution in [3.05, 3.63) is 65.7 Å². The summed E-state index contributed by atoms with van der Waals surface area (Å²) in [5.41, 5.74) is 8.33. The van der Waals surface area contributed by atoms with Crippen molar-refractivity contribution < 1.29 is 9.53 Å². The summed E-state index contributed by atoms with van der Waals surface area (Å²) in [5, 5.41) is 0. The molecule has 0 bridgehead atoms. The molecule has 4 nitrogen and oxygen atoms in total. The molecule has 0 saturated carbocycles. The van der Waals surface area contributed by atoms with Gasteiger partial charge in [-0.25, -0.2) is 0 Å². The first-order valence-electron chi connectivity index (χ1n) is 6.41. The molecule has 0 aliphatic carbocycles. The molecule has 104 valence electrons. The standard InChI is InChI=1S/C16H18N2O2/c1-12-8-6-7-11-14(12)17-18-16(19)15(20-2)13-9-4-3-5-10-13/h3-11,15,17H,1-2H3,(H,18,19)/t15-/m1/s1. The molecular weight excluding hydrogens is 252 g/mol. The summed E-state index contributed by atoms with van der Waals surface area (Å²) in [5.74, 6) is -0.234. The van der Waals surface area contributed by atoms with Gasteiger partial charge in [-0.1, -0.05) is 48.5 Å². The van der Waals surface area contributed by atoms with Gasteiger partial charge in [0.1, 0.15) is 0 Å². The van der Waals surface area contributed by atoms with Gasteiger partial charge in [-0.2, -0.15) is 0 Å². The second-order valence-electron chi connectivity index (χ2n) is 4.46. The van der Waals surface area contributed by atoms with Gasteiger partial charge in [0.15, 0.2) is 6.10 Å². The number of rotatable bonds is 5. The number of methoxy groups -OCH3 is 1. The Labute approximate surface area is 118 Å². The monoisotopic (exact) mass is 270 g/mol. The molecule has 20 heavy (non-hydrogen) atoms. The molecule has 0 heterocycles. The molecule has 0 unspecified atom stereocenters. The van der Waals surface area contributed by atoms with Crippen molar-refractivity contribution in [2.45, 2.75) is 13.0 Å². The lowest BCUT2D eigenvalue weighted by Gasteiger charge is -2.17. The Hall–Kier alpha value is -2.33. The molecule has 0 radical (unpaired) electrons. The summed E-state index contributed by atoms with van der Waals surface area (Å²) in [6, 6.07) is 17.1. The highest BCUT2D eigenvalue weighted by Gasteiger charge is 2.19. The van der Waals surface area contributed by atoms with E-state index in [4.69, 9.17) is 4.74 Å². The number of amides is 1. The minimum atomic E-state index is -0.632. The number of hydrazine groups is 1. The maximum atomic E-state index is 12.2. The van der Waals surface area contributed by atoms with E-state index >= 15 is 0 Å². The second-order valence-corrected chi connectivity index (χ2v) is 4.46. The molecule has 2 N–H and O–H groups in total. The van der Waals surface area contributed by atoms with Crippen molar-refractivity contribution in [2.75, 3.05) is 12.5 Å². The Balaban J connectivity index is 2.02. The van der Waals surface area contributed by atoms with Gasteiger partial charge in [0.25, 0.3) is 5.91 Å². The van der Waals surface area contributed by atoms with E-state index in [1.54, 1.807) is 0 Å². The topological polar surface area (TPSA) is 50.4 Å². The lowest BCUT2D eigenvalue weighted by Crippen LogP contribution is -2.34. The number of aryl methyl sites for hydroxylation is 1. The van der Waals surface area contributed by atoms with Crippen LogP contribution in [-0.4, -0.2) is 13.0 Å². The number of carbonyl (C=O) groups excluding carboxylic acids is 1. The zero-order valence-electron chi connectivity index (χ0n) is 11.6. The highest BCUT2D eigenvalue weighted by atomic mass is 16.5. The maximum Gasteiger partial charge on any atom is 0.272 e. The number of carbonyl (C=O) groups is 1. The van der Waals surface area contributed by atoms with Crippen molar-refractivity contribution in [1.82, 2.24) is 5.43 Å². The molecule has 2 rings (SSSR count). The first kappa shape index (κ1) is 14.1. The predicted octanol–water partition coefficient (Wildman–Crippen LogP) is 2.83. The zero-order valence-corrected chi connectivity index (χ0v) is 11.6. The number of anilines is 1. The highest BCUT2D eigenvalue weighted by molar-refractivity contribution is 5.83. The second kappa shape index (κ2) is 6.73. The van der Waals surface area contributed by atoms with Crippen LogP contribution in [0.1, 0.15) is 17.2 Å². The Morgan fingerprint density at radius 3 is 2.35 bits per heavy atom. The van der Waals surface area contributed by atoms with Crippen molar-refractivity contribution in [1.29, 1.82) is 0 Å². The van der Waals surface area contributed by atoms with Gasteiger partial charge in [-0.3, -0.25) is 15.6 Å². The third-order valence-electron chi connectivity index (χ3n) is 3.04. The molecule has 4 heteroatoms. The Kier molecular flexibility index (Phi) is 4.74. The van der Waals surface area contributed by atoms with E-state index in [1.165, 1.54) is 7.11 Å². The van der Waals surface area contributed by atoms with Gasteiger partial charge in [-0.15, -0.1) is 0 Å². The van der Waals surface area contributed by atoms with Crippen LogP contribution >= 0.6 is 0 Å². The van der Waals surface area contributed by atoms with Crippen LogP contribution in [0.25, 0.3) is 0 Å². The number of benzene rings is 2. The number of hydrogen-bond acceptors (Lipinski definition) is 3. The van der Waals surface area contributed by atoms with E-state index in [-0.39, 0.29) is 5.91 Å². The minimum absolute atomic E-state index is 0.234. The molecule has 1 atom stereocenters. The van der Waals surface area contributed by atoms with Crippen molar-refractivity contribution in [2.24, 2.45) is 0 Å². The summed E-state index contributed by atoms with van der Waals surface area (Å²) in [6.07, 6.45) is -0.632. The van der Waals surface area contributed by atoms with Crippen LogP contribution in [0.3, 0.4) is 0 Å². The summed E-state index contributed by atoms with van der Waals surface area (Å²) in [7, 11) is 1.52. The first-order valence-corrected chi connectivity index (χ1v) is 6.41. The van der Waals surface area contributed by atoms with E-state index in [9.17, 15) is 4.79 Å². The molecule has 0 aromatic heterocycles. The average Bonchev–Trinajstić information content (AvgIpc) is 2.48. The predicted molar refractivity (Wildman–Crippen MR) is 79.1 cm³/mol. The molecule has 0 aliphatic rings. The molecule has 0 fully saturated rings. The van der Waals surface area contributed by atoms with E-state index in [2.05, 4.69) is 10.9 Å². The smallest absolute Gasteiger partial charge is 0.272 e. The van der Waals surface area contributed by atoms with Crippen molar-refractivity contribution in [3.63, 3.8) is 0 Å². The van der Waals surface area contributed by atoms with Gasteiger partial charge < -0.3 is 4.74 Å². The fourth-order valence-electron chi connectivity index (χ4n) is 1.93. The summed E-state index contributed by atoms with van der Waals surface area (Å²) < 4.78 is 5.26. The normalized spacial score (nSPS) is 11.7. The highest BCUT2D eigenvalue weighted by Crippen LogP contribution is 2.17. The van der Waals surface area contributed by atoms with Crippen LogP contribution in [-0.2, 0) is 9.53 Å². The molecule has 0 spiro atoms. The van der Waals surface area contributed by atoms with Crippen molar-refractivity contribution >= 4 is 11.6 Å². The number of para-hydroxylation sites is 1. The number of nitrogens with one attached hydrogen (secondary N) is 2. The zero-order chi connectivity index (χ0) is 14.4. The average molecular weight is 270 g/mol. The number of hydrogen-bond donors (Lipinski definition) is 2. The SMILES string of the molecule is CO[C@@H](C(=O)NNc1ccccc1C)c1ccccc1. The van der Waals surface area contributed by atoms with Gasteiger partial charge in [0, 0.05) is 7.11 Å². The van der Waals surface area contributed by atoms with Gasteiger partial charge in [0.05, 0.1) is 5.69 Å². The molecule has 2 aromatic carbocycles. The van der Waals surface area contributed by atoms with Crippen LogP contribution in [0.5, 0.6) is 0 Å². The lowest BCUT2D eigenvalue weighted by atomic mass is 10.1. The quantitative estimate of drug-likeness (QED) is 0.821. The molecule has 1 amide bonds. The first-order chi connectivity index (χ1) is 9.72. The molecule has 2 aromatic rings. The molecule has 0 aliphatic heterocycles. The number of ether oxygens (including phenoxy) is 1.